The molecule has 0 aliphatic carbocycles. The molecule has 0 spiro atoms. The lowest BCUT2D eigenvalue weighted by Gasteiger charge is -1.91. The van der Waals surface area contributed by atoms with Gasteiger partial charge < -0.3 is 5.11 Å². The van der Waals surface area contributed by atoms with Crippen LogP contribution in [0.25, 0.3) is 0 Å². The summed E-state index contributed by atoms with van der Waals surface area (Å²) in [5, 5.41) is 8.48. The maximum absolute atomic E-state index is 10.3. The highest BCUT2D eigenvalue weighted by atomic mass is 32.2. The standard InChI is InChI=1S/C20H30O2S/c1-2-3-4-5-6-7-8-9-10-11-12-13-14-15-16-17-18-23-19-20(21)22/h3-4,6-7,9-10,12-13,16-17H,2,5,8,11,14-15,18-19H2,1H3,(H,21,22)/b4-3-,7-6-,10-9-,13-12-,17-16+. The van der Waals surface area contributed by atoms with E-state index >= 15 is 0 Å². The van der Waals surface area contributed by atoms with Crippen molar-refractivity contribution in [2.45, 2.75) is 45.4 Å². The average molecular weight is 335 g/mol. The Hall–Kier alpha value is -1.48. The van der Waals surface area contributed by atoms with Crippen molar-refractivity contribution in [3.8, 4) is 0 Å². The first-order valence-electron chi connectivity index (χ1n) is 8.31. The molecule has 0 heterocycles. The molecule has 0 aliphatic rings. The van der Waals surface area contributed by atoms with E-state index in [2.05, 4.69) is 61.6 Å². The summed E-state index contributed by atoms with van der Waals surface area (Å²) in [6.45, 7) is 2.15. The van der Waals surface area contributed by atoms with Crippen molar-refractivity contribution in [1.82, 2.24) is 0 Å². The van der Waals surface area contributed by atoms with Gasteiger partial charge in [0, 0.05) is 5.75 Å². The van der Waals surface area contributed by atoms with Crippen LogP contribution in [0.5, 0.6) is 0 Å². The molecule has 0 rings (SSSR count). The Morgan fingerprint density at radius 1 is 0.783 bits per heavy atom. The zero-order valence-electron chi connectivity index (χ0n) is 14.2. The highest BCUT2D eigenvalue weighted by Gasteiger charge is 1.92. The van der Waals surface area contributed by atoms with Gasteiger partial charge >= 0.3 is 5.97 Å². The summed E-state index contributed by atoms with van der Waals surface area (Å²) in [6.07, 6.45) is 27.9. The van der Waals surface area contributed by atoms with Gasteiger partial charge in [0.25, 0.3) is 0 Å². The number of carboxylic acid groups (broad SMARTS) is 1. The van der Waals surface area contributed by atoms with E-state index in [1.165, 1.54) is 11.8 Å². The van der Waals surface area contributed by atoms with Gasteiger partial charge in [-0.2, -0.15) is 0 Å². The molecule has 0 aromatic heterocycles. The third kappa shape index (κ3) is 20.5. The lowest BCUT2D eigenvalue weighted by molar-refractivity contribution is -0.133. The van der Waals surface area contributed by atoms with E-state index in [9.17, 15) is 4.79 Å². The Bertz CT molecular complexity index is 417. The van der Waals surface area contributed by atoms with Crippen LogP contribution < -0.4 is 0 Å². The molecule has 0 aliphatic heterocycles. The minimum absolute atomic E-state index is 0.182. The summed E-state index contributed by atoms with van der Waals surface area (Å²) in [5.41, 5.74) is 0. The molecule has 0 saturated heterocycles. The summed E-state index contributed by atoms with van der Waals surface area (Å²) in [5.74, 6) is 0.213. The van der Waals surface area contributed by atoms with E-state index < -0.39 is 5.97 Å². The molecule has 2 nitrogen and oxygen atoms in total. The van der Waals surface area contributed by atoms with Crippen LogP contribution in [0.2, 0.25) is 0 Å². The van der Waals surface area contributed by atoms with Crippen LogP contribution in [-0.4, -0.2) is 22.6 Å². The van der Waals surface area contributed by atoms with Crippen molar-refractivity contribution in [3.63, 3.8) is 0 Å². The number of aliphatic carboxylic acids is 1. The fourth-order valence-corrected chi connectivity index (χ4v) is 2.25. The first-order valence-corrected chi connectivity index (χ1v) is 9.47. The normalized spacial score (nSPS) is 12.7. The number of thioether (sulfide) groups is 1. The van der Waals surface area contributed by atoms with Crippen molar-refractivity contribution in [1.29, 1.82) is 0 Å². The zero-order chi connectivity index (χ0) is 17.0. The van der Waals surface area contributed by atoms with Crippen molar-refractivity contribution < 1.29 is 9.90 Å². The van der Waals surface area contributed by atoms with E-state index in [1.807, 2.05) is 6.08 Å². The predicted octanol–water partition coefficient (Wildman–Crippen LogP) is 5.95. The molecule has 0 aromatic carbocycles. The van der Waals surface area contributed by atoms with Crippen LogP contribution in [0.15, 0.2) is 60.8 Å². The Morgan fingerprint density at radius 3 is 1.78 bits per heavy atom. The van der Waals surface area contributed by atoms with Gasteiger partial charge in [-0.15, -0.1) is 11.8 Å². The Morgan fingerprint density at radius 2 is 1.26 bits per heavy atom. The number of hydrogen-bond acceptors (Lipinski definition) is 2. The van der Waals surface area contributed by atoms with Gasteiger partial charge in [0.15, 0.2) is 0 Å². The Kier molecular flexibility index (Phi) is 17.4. The van der Waals surface area contributed by atoms with Gasteiger partial charge in [0.2, 0.25) is 0 Å². The van der Waals surface area contributed by atoms with Crippen molar-refractivity contribution in [2.24, 2.45) is 0 Å². The second-order valence-corrected chi connectivity index (χ2v) is 5.99. The average Bonchev–Trinajstić information content (AvgIpc) is 2.53. The predicted molar refractivity (Wildman–Crippen MR) is 104 cm³/mol. The fraction of sp³-hybridized carbons (Fsp3) is 0.450. The maximum atomic E-state index is 10.3. The minimum atomic E-state index is -0.747. The monoisotopic (exact) mass is 334 g/mol. The number of rotatable bonds is 14. The summed E-state index contributed by atoms with van der Waals surface area (Å²) < 4.78 is 0. The fourth-order valence-electron chi connectivity index (χ4n) is 1.69. The topological polar surface area (TPSA) is 37.3 Å². The van der Waals surface area contributed by atoms with E-state index in [-0.39, 0.29) is 5.75 Å². The number of carbonyl (C=O) groups is 1. The molecule has 128 valence electrons. The zero-order valence-corrected chi connectivity index (χ0v) is 15.0. The molecule has 23 heavy (non-hydrogen) atoms. The second kappa shape index (κ2) is 18.6. The van der Waals surface area contributed by atoms with Gasteiger partial charge in [0.05, 0.1) is 5.75 Å². The highest BCUT2D eigenvalue weighted by Crippen LogP contribution is 2.01. The molecular weight excluding hydrogens is 304 g/mol. The lowest BCUT2D eigenvalue weighted by atomic mass is 10.2. The number of allylic oxidation sites excluding steroid dienone is 9. The third-order valence-corrected chi connectivity index (χ3v) is 3.70. The van der Waals surface area contributed by atoms with Crippen LogP contribution >= 0.6 is 11.8 Å². The van der Waals surface area contributed by atoms with Crippen molar-refractivity contribution in [3.05, 3.63) is 60.8 Å². The highest BCUT2D eigenvalue weighted by molar-refractivity contribution is 8.00. The van der Waals surface area contributed by atoms with Crippen LogP contribution in [0.4, 0.5) is 0 Å². The van der Waals surface area contributed by atoms with Crippen molar-refractivity contribution in [2.75, 3.05) is 11.5 Å². The second-order valence-electron chi connectivity index (χ2n) is 4.96. The van der Waals surface area contributed by atoms with Gasteiger partial charge in [-0.1, -0.05) is 67.7 Å². The number of hydrogen-bond donors (Lipinski definition) is 1. The quantitative estimate of drug-likeness (QED) is 0.315. The molecule has 0 radical (unpaired) electrons. The molecule has 3 heteroatoms. The van der Waals surface area contributed by atoms with Gasteiger partial charge in [-0.3, -0.25) is 4.79 Å². The van der Waals surface area contributed by atoms with Crippen molar-refractivity contribution >= 4 is 17.7 Å². The molecule has 0 atom stereocenters. The molecule has 0 unspecified atom stereocenters. The third-order valence-electron chi connectivity index (χ3n) is 2.83. The summed E-state index contributed by atoms with van der Waals surface area (Å²) in [4.78, 5) is 10.3. The molecule has 0 fully saturated rings. The minimum Gasteiger partial charge on any atom is -0.481 e. The Labute approximate surface area is 145 Å². The SMILES string of the molecule is CC/C=C\C/C=C\C/C=C\C/C=C\CC/C=C/CSCC(=O)O. The molecule has 0 amide bonds. The molecule has 1 N–H and O–H groups in total. The van der Waals surface area contributed by atoms with E-state index in [4.69, 9.17) is 5.11 Å². The first kappa shape index (κ1) is 21.5. The molecule has 0 bridgehead atoms. The van der Waals surface area contributed by atoms with Crippen LogP contribution in [-0.2, 0) is 4.79 Å². The van der Waals surface area contributed by atoms with E-state index in [0.29, 0.717) is 0 Å². The lowest BCUT2D eigenvalue weighted by Crippen LogP contribution is -1.97. The smallest absolute Gasteiger partial charge is 0.313 e. The number of carboxylic acids is 1. The van der Waals surface area contributed by atoms with E-state index in [1.54, 1.807) is 0 Å². The number of unbranched alkanes of at least 4 members (excludes halogenated alkanes) is 1. The summed E-state index contributed by atoms with van der Waals surface area (Å²) in [7, 11) is 0. The maximum Gasteiger partial charge on any atom is 0.313 e. The van der Waals surface area contributed by atoms with Gasteiger partial charge in [-0.25, -0.2) is 0 Å². The van der Waals surface area contributed by atoms with Crippen LogP contribution in [0.1, 0.15) is 45.4 Å². The largest absolute Gasteiger partial charge is 0.481 e. The first-order chi connectivity index (χ1) is 11.3. The van der Waals surface area contributed by atoms with Crippen LogP contribution in [0, 0.1) is 0 Å². The molecular formula is C20H30O2S. The Balaban J connectivity index is 3.43. The van der Waals surface area contributed by atoms with Gasteiger partial charge in [0.1, 0.15) is 0 Å². The molecule has 0 aromatic rings. The summed E-state index contributed by atoms with van der Waals surface area (Å²) in [6, 6.07) is 0. The molecule has 0 saturated carbocycles. The van der Waals surface area contributed by atoms with Gasteiger partial charge in [-0.05, 0) is 38.5 Å². The van der Waals surface area contributed by atoms with E-state index in [0.717, 1.165) is 44.3 Å². The van der Waals surface area contributed by atoms with Crippen LogP contribution in [0.3, 0.4) is 0 Å². The summed E-state index contributed by atoms with van der Waals surface area (Å²) >= 11 is 1.43.